The standard InChI is InChI=1S/C12H10ClN3S/c13-10-3-1-9(2-4-10)11-14-5-7-16(11)12-15-6-8-17-12/h1-5,7H,6,8H2. The zero-order chi connectivity index (χ0) is 11.7. The molecule has 1 aromatic heterocycles. The van der Waals surface area contributed by atoms with Gasteiger partial charge in [-0.1, -0.05) is 23.4 Å². The van der Waals surface area contributed by atoms with Crippen LogP contribution in [0, 0.1) is 0 Å². The zero-order valence-corrected chi connectivity index (χ0v) is 10.6. The van der Waals surface area contributed by atoms with Crippen LogP contribution in [0.25, 0.3) is 11.4 Å². The SMILES string of the molecule is Clc1ccc(-c2nccn2C2=NCCS2)cc1. The number of hydrogen-bond donors (Lipinski definition) is 0. The number of aromatic nitrogens is 2. The van der Waals surface area contributed by atoms with Gasteiger partial charge in [0.1, 0.15) is 5.82 Å². The highest BCUT2D eigenvalue weighted by atomic mass is 35.5. The van der Waals surface area contributed by atoms with E-state index in [1.54, 1.807) is 18.0 Å². The molecule has 1 aliphatic heterocycles. The summed E-state index contributed by atoms with van der Waals surface area (Å²) in [5, 5.41) is 1.76. The van der Waals surface area contributed by atoms with Crippen LogP contribution in [0.1, 0.15) is 0 Å². The maximum absolute atomic E-state index is 5.88. The van der Waals surface area contributed by atoms with Gasteiger partial charge in [-0.05, 0) is 24.3 Å². The van der Waals surface area contributed by atoms with E-state index in [2.05, 4.69) is 9.98 Å². The Bertz CT molecular complexity index is 559. The molecule has 0 atom stereocenters. The number of hydrogen-bond acceptors (Lipinski definition) is 3. The van der Waals surface area contributed by atoms with Crippen LogP contribution < -0.4 is 0 Å². The van der Waals surface area contributed by atoms with Gasteiger partial charge in [-0.2, -0.15) is 0 Å². The number of rotatable bonds is 1. The van der Waals surface area contributed by atoms with Crippen LogP contribution in [0.5, 0.6) is 0 Å². The van der Waals surface area contributed by atoms with E-state index >= 15 is 0 Å². The van der Waals surface area contributed by atoms with E-state index in [-0.39, 0.29) is 0 Å². The average Bonchev–Trinajstić information content (AvgIpc) is 3.00. The molecule has 1 aliphatic rings. The lowest BCUT2D eigenvalue weighted by atomic mass is 10.2. The van der Waals surface area contributed by atoms with Gasteiger partial charge in [-0.15, -0.1) is 0 Å². The fraction of sp³-hybridized carbons (Fsp3) is 0.167. The normalized spacial score (nSPS) is 15.0. The number of imidazole rings is 1. The zero-order valence-electron chi connectivity index (χ0n) is 9.01. The minimum Gasteiger partial charge on any atom is -0.279 e. The average molecular weight is 264 g/mol. The summed E-state index contributed by atoms with van der Waals surface area (Å²) < 4.78 is 2.03. The van der Waals surface area contributed by atoms with E-state index in [9.17, 15) is 0 Å². The molecule has 0 saturated carbocycles. The first-order chi connectivity index (χ1) is 8.34. The lowest BCUT2D eigenvalue weighted by Gasteiger charge is -2.06. The first kappa shape index (κ1) is 10.9. The molecule has 2 heterocycles. The van der Waals surface area contributed by atoms with Crippen LogP contribution in [0.4, 0.5) is 0 Å². The highest BCUT2D eigenvalue weighted by Gasteiger charge is 2.14. The summed E-state index contributed by atoms with van der Waals surface area (Å²) in [6, 6.07) is 7.70. The van der Waals surface area contributed by atoms with Gasteiger partial charge in [0.25, 0.3) is 0 Å². The monoisotopic (exact) mass is 263 g/mol. The van der Waals surface area contributed by atoms with Crippen molar-refractivity contribution in [3.8, 4) is 11.4 Å². The minimum absolute atomic E-state index is 0.736. The Morgan fingerprint density at radius 3 is 2.76 bits per heavy atom. The Morgan fingerprint density at radius 1 is 1.24 bits per heavy atom. The number of thioether (sulfide) groups is 1. The molecular formula is C12H10ClN3S. The molecule has 0 unspecified atom stereocenters. The highest BCUT2D eigenvalue weighted by molar-refractivity contribution is 8.14. The summed E-state index contributed by atoms with van der Waals surface area (Å²) in [7, 11) is 0. The van der Waals surface area contributed by atoms with Gasteiger partial charge < -0.3 is 0 Å². The molecule has 5 heteroatoms. The molecule has 0 spiro atoms. The van der Waals surface area contributed by atoms with E-state index in [0.29, 0.717) is 0 Å². The van der Waals surface area contributed by atoms with Gasteiger partial charge >= 0.3 is 0 Å². The van der Waals surface area contributed by atoms with Crippen molar-refractivity contribution in [2.24, 2.45) is 4.99 Å². The number of benzene rings is 1. The van der Waals surface area contributed by atoms with Crippen LogP contribution in [-0.4, -0.2) is 27.0 Å². The molecule has 86 valence electrons. The Balaban J connectivity index is 2.03. The molecule has 0 saturated heterocycles. The predicted octanol–water partition coefficient (Wildman–Crippen LogP) is 3.15. The third-order valence-electron chi connectivity index (χ3n) is 2.52. The van der Waals surface area contributed by atoms with Gasteiger partial charge in [-0.3, -0.25) is 9.56 Å². The molecule has 0 aliphatic carbocycles. The van der Waals surface area contributed by atoms with Crippen molar-refractivity contribution < 1.29 is 0 Å². The molecule has 0 fully saturated rings. The van der Waals surface area contributed by atoms with Crippen molar-refractivity contribution in [2.75, 3.05) is 12.3 Å². The number of nitrogens with zero attached hydrogens (tertiary/aromatic N) is 3. The molecule has 1 aromatic carbocycles. The van der Waals surface area contributed by atoms with Crippen LogP contribution >= 0.6 is 23.4 Å². The van der Waals surface area contributed by atoms with Gasteiger partial charge in [0.15, 0.2) is 5.17 Å². The van der Waals surface area contributed by atoms with Gasteiger partial charge in [-0.25, -0.2) is 4.98 Å². The Morgan fingerprint density at radius 2 is 2.06 bits per heavy atom. The maximum atomic E-state index is 5.88. The van der Waals surface area contributed by atoms with E-state index < -0.39 is 0 Å². The first-order valence-electron chi connectivity index (χ1n) is 5.31. The molecule has 0 amide bonds. The first-order valence-corrected chi connectivity index (χ1v) is 6.68. The second kappa shape index (κ2) is 4.55. The van der Waals surface area contributed by atoms with Crippen molar-refractivity contribution >= 4 is 28.5 Å². The van der Waals surface area contributed by atoms with Crippen molar-refractivity contribution in [3.63, 3.8) is 0 Å². The lowest BCUT2D eigenvalue weighted by Crippen LogP contribution is -2.06. The van der Waals surface area contributed by atoms with Gasteiger partial charge in [0.2, 0.25) is 0 Å². The Labute approximate surface area is 109 Å². The second-order valence-corrected chi connectivity index (χ2v) is 5.14. The maximum Gasteiger partial charge on any atom is 0.169 e. The van der Waals surface area contributed by atoms with E-state index in [4.69, 9.17) is 11.6 Å². The fourth-order valence-electron chi connectivity index (χ4n) is 1.74. The van der Waals surface area contributed by atoms with Crippen LogP contribution in [0.2, 0.25) is 5.02 Å². The highest BCUT2D eigenvalue weighted by Crippen LogP contribution is 2.23. The van der Waals surface area contributed by atoms with Crippen molar-refractivity contribution in [1.82, 2.24) is 9.55 Å². The third-order valence-corrected chi connectivity index (χ3v) is 3.74. The van der Waals surface area contributed by atoms with E-state index in [1.165, 1.54) is 0 Å². The molecule has 0 N–H and O–H groups in total. The predicted molar refractivity (Wildman–Crippen MR) is 72.8 cm³/mol. The Hall–Kier alpha value is -1.26. The smallest absolute Gasteiger partial charge is 0.169 e. The largest absolute Gasteiger partial charge is 0.279 e. The lowest BCUT2D eigenvalue weighted by molar-refractivity contribution is 1.11. The van der Waals surface area contributed by atoms with E-state index in [0.717, 1.165) is 33.9 Å². The van der Waals surface area contributed by atoms with Gasteiger partial charge in [0.05, 0.1) is 6.54 Å². The topological polar surface area (TPSA) is 30.2 Å². The minimum atomic E-state index is 0.736. The molecule has 0 radical (unpaired) electrons. The molecule has 2 aromatic rings. The molecule has 3 nitrogen and oxygen atoms in total. The molecule has 3 rings (SSSR count). The van der Waals surface area contributed by atoms with Crippen molar-refractivity contribution in [2.45, 2.75) is 0 Å². The summed E-state index contributed by atoms with van der Waals surface area (Å²) >= 11 is 7.64. The Kier molecular flexibility index (Phi) is 2.91. The van der Waals surface area contributed by atoms with E-state index in [1.807, 2.05) is 35.0 Å². The fourth-order valence-corrected chi connectivity index (χ4v) is 2.70. The van der Waals surface area contributed by atoms with Gasteiger partial charge in [0, 0.05) is 28.7 Å². The third kappa shape index (κ3) is 2.10. The van der Waals surface area contributed by atoms with Crippen molar-refractivity contribution in [1.29, 1.82) is 0 Å². The summed E-state index contributed by atoms with van der Waals surface area (Å²) in [5.41, 5.74) is 1.05. The molecule has 17 heavy (non-hydrogen) atoms. The summed E-state index contributed by atoms with van der Waals surface area (Å²) in [6.07, 6.45) is 3.74. The molecular weight excluding hydrogens is 254 g/mol. The number of aliphatic imine (C=N–C) groups is 1. The summed E-state index contributed by atoms with van der Waals surface area (Å²) in [5.74, 6) is 1.96. The van der Waals surface area contributed by atoms with Crippen LogP contribution in [0.3, 0.4) is 0 Å². The van der Waals surface area contributed by atoms with Crippen LogP contribution in [-0.2, 0) is 0 Å². The summed E-state index contributed by atoms with van der Waals surface area (Å²) in [4.78, 5) is 8.84. The summed E-state index contributed by atoms with van der Waals surface area (Å²) in [6.45, 7) is 0.887. The second-order valence-electron chi connectivity index (χ2n) is 3.64. The molecule has 0 bridgehead atoms. The van der Waals surface area contributed by atoms with Crippen LogP contribution in [0.15, 0.2) is 41.7 Å². The van der Waals surface area contributed by atoms with Crippen molar-refractivity contribution in [3.05, 3.63) is 41.7 Å². The number of halogens is 1. The quantitative estimate of drug-likeness (QED) is 0.791.